The summed E-state index contributed by atoms with van der Waals surface area (Å²) in [7, 11) is 0. The molecule has 0 aliphatic heterocycles. The summed E-state index contributed by atoms with van der Waals surface area (Å²) in [4.78, 5) is 5.29. The fourth-order valence-electron chi connectivity index (χ4n) is 2.77. The normalized spacial score (nSPS) is 11.2. The van der Waals surface area contributed by atoms with Crippen molar-refractivity contribution in [1.82, 2.24) is 25.1 Å². The third-order valence-corrected chi connectivity index (χ3v) is 4.92. The molecule has 2 aromatic carbocycles. The minimum absolute atomic E-state index is 0.248. The molecule has 7 nitrogen and oxygen atoms in total. The number of nitrogens with zero attached hydrogens (tertiary/aromatic N) is 5. The van der Waals surface area contributed by atoms with Gasteiger partial charge in [-0.25, -0.2) is 0 Å². The molecule has 2 N–H and O–H groups in total. The van der Waals surface area contributed by atoms with E-state index >= 15 is 0 Å². The highest BCUT2D eigenvalue weighted by atomic mass is 32.1. The lowest BCUT2D eigenvalue weighted by Crippen LogP contribution is -2.02. The summed E-state index contributed by atoms with van der Waals surface area (Å²) in [5, 5.41) is 16.5. The van der Waals surface area contributed by atoms with E-state index in [0.717, 1.165) is 21.3 Å². The molecule has 0 saturated heterocycles. The van der Waals surface area contributed by atoms with Crippen molar-refractivity contribution >= 4 is 27.9 Å². The van der Waals surface area contributed by atoms with Crippen molar-refractivity contribution in [2.45, 2.75) is 0 Å². The van der Waals surface area contributed by atoms with Crippen LogP contribution in [0.1, 0.15) is 0 Å². The van der Waals surface area contributed by atoms with Crippen LogP contribution >= 0.6 is 11.3 Å². The highest BCUT2D eigenvalue weighted by Crippen LogP contribution is 2.28. The molecular formula is C18H12N6OS. The van der Waals surface area contributed by atoms with Crippen LogP contribution in [0.15, 0.2) is 64.5 Å². The predicted octanol–water partition coefficient (Wildman–Crippen LogP) is 3.78. The largest absolute Gasteiger partial charge is 0.382 e. The fourth-order valence-corrected chi connectivity index (χ4v) is 3.42. The number of aromatic nitrogens is 5. The van der Waals surface area contributed by atoms with Gasteiger partial charge >= 0.3 is 0 Å². The first kappa shape index (κ1) is 14.8. The molecule has 3 heterocycles. The first-order chi connectivity index (χ1) is 12.8. The second-order valence-electron chi connectivity index (χ2n) is 5.67. The Morgan fingerprint density at radius 3 is 2.73 bits per heavy atom. The van der Waals surface area contributed by atoms with Gasteiger partial charge in [0.1, 0.15) is 0 Å². The summed E-state index contributed by atoms with van der Waals surface area (Å²) < 4.78 is 6.89. The van der Waals surface area contributed by atoms with Crippen LogP contribution in [0.5, 0.6) is 0 Å². The summed E-state index contributed by atoms with van der Waals surface area (Å²) in [5.41, 5.74) is 7.44. The Morgan fingerprint density at radius 2 is 1.88 bits per heavy atom. The molecule has 0 amide bonds. The van der Waals surface area contributed by atoms with E-state index in [1.807, 2.05) is 53.9 Å². The molecule has 0 aliphatic carbocycles. The van der Waals surface area contributed by atoms with E-state index in [0.29, 0.717) is 17.3 Å². The zero-order chi connectivity index (χ0) is 17.5. The van der Waals surface area contributed by atoms with Gasteiger partial charge in [-0.3, -0.25) is 0 Å². The number of nitrogen functional groups attached to an aromatic ring is 1. The zero-order valence-electron chi connectivity index (χ0n) is 13.4. The highest BCUT2D eigenvalue weighted by Gasteiger charge is 2.20. The Morgan fingerprint density at radius 1 is 1.00 bits per heavy atom. The summed E-state index contributed by atoms with van der Waals surface area (Å²) in [5.74, 6) is 1.11. The van der Waals surface area contributed by atoms with E-state index < -0.39 is 0 Å². The van der Waals surface area contributed by atoms with Crippen molar-refractivity contribution in [2.24, 2.45) is 0 Å². The van der Waals surface area contributed by atoms with Crippen LogP contribution < -0.4 is 5.73 Å². The Labute approximate surface area is 151 Å². The van der Waals surface area contributed by atoms with Gasteiger partial charge in [0.25, 0.3) is 5.89 Å². The highest BCUT2D eigenvalue weighted by molar-refractivity contribution is 7.13. The Hall–Kier alpha value is -3.52. The smallest absolute Gasteiger partial charge is 0.282 e. The van der Waals surface area contributed by atoms with Crippen LogP contribution in [0.25, 0.3) is 38.7 Å². The van der Waals surface area contributed by atoms with Crippen molar-refractivity contribution in [3.63, 3.8) is 0 Å². The Bertz CT molecular complexity index is 1210. The lowest BCUT2D eigenvalue weighted by Gasteiger charge is -2.04. The molecule has 3 aromatic heterocycles. The third-order valence-electron chi connectivity index (χ3n) is 4.05. The number of rotatable bonds is 3. The molecule has 5 rings (SSSR count). The molecule has 0 bridgehead atoms. The second kappa shape index (κ2) is 5.78. The van der Waals surface area contributed by atoms with Crippen molar-refractivity contribution in [1.29, 1.82) is 0 Å². The number of hydrogen-bond donors (Lipinski definition) is 1. The fraction of sp³-hybridized carbons (Fsp3) is 0. The maximum absolute atomic E-state index is 6.25. The van der Waals surface area contributed by atoms with Crippen LogP contribution in [0.4, 0.5) is 5.82 Å². The van der Waals surface area contributed by atoms with E-state index in [2.05, 4.69) is 26.5 Å². The van der Waals surface area contributed by atoms with Gasteiger partial charge in [0.2, 0.25) is 5.82 Å². The monoisotopic (exact) mass is 360 g/mol. The zero-order valence-corrected chi connectivity index (χ0v) is 14.2. The number of anilines is 1. The Balaban J connectivity index is 1.56. The van der Waals surface area contributed by atoms with Crippen molar-refractivity contribution in [3.8, 4) is 28.0 Å². The van der Waals surface area contributed by atoms with Crippen molar-refractivity contribution < 1.29 is 4.52 Å². The van der Waals surface area contributed by atoms with Gasteiger partial charge in [-0.05, 0) is 34.4 Å². The van der Waals surface area contributed by atoms with Gasteiger partial charge in [0, 0.05) is 0 Å². The number of fused-ring (bicyclic) bond motifs is 1. The molecule has 0 atom stereocenters. The molecule has 8 heteroatoms. The molecule has 0 unspecified atom stereocenters. The van der Waals surface area contributed by atoms with Crippen LogP contribution in [-0.2, 0) is 0 Å². The molecule has 126 valence electrons. The molecule has 0 fully saturated rings. The van der Waals surface area contributed by atoms with E-state index in [4.69, 9.17) is 10.3 Å². The summed E-state index contributed by atoms with van der Waals surface area (Å²) in [6.07, 6.45) is 0. The second-order valence-corrected chi connectivity index (χ2v) is 6.61. The predicted molar refractivity (Wildman–Crippen MR) is 99.9 cm³/mol. The standard InChI is InChI=1S/C18H12N6OS/c19-16-15(18-20-17(22-25-18)14-6-3-9-26-14)21-23-24(16)13-8-7-11-4-1-2-5-12(11)10-13/h1-10H,19H2. The van der Waals surface area contributed by atoms with Crippen LogP contribution in [-0.4, -0.2) is 25.1 Å². The van der Waals surface area contributed by atoms with E-state index in [1.54, 1.807) is 4.68 Å². The van der Waals surface area contributed by atoms with Gasteiger partial charge in [0.05, 0.1) is 10.6 Å². The van der Waals surface area contributed by atoms with Crippen LogP contribution in [0, 0.1) is 0 Å². The van der Waals surface area contributed by atoms with Crippen LogP contribution in [0.2, 0.25) is 0 Å². The Kier molecular flexibility index (Phi) is 3.29. The molecular weight excluding hydrogens is 348 g/mol. The van der Waals surface area contributed by atoms with Gasteiger partial charge in [0.15, 0.2) is 11.5 Å². The molecule has 0 aliphatic rings. The average Bonchev–Trinajstić information content (AvgIpc) is 3.41. The van der Waals surface area contributed by atoms with Gasteiger partial charge < -0.3 is 10.3 Å². The van der Waals surface area contributed by atoms with Gasteiger partial charge in [-0.2, -0.15) is 9.67 Å². The van der Waals surface area contributed by atoms with E-state index in [-0.39, 0.29) is 5.89 Å². The quantitative estimate of drug-likeness (QED) is 0.526. The summed E-state index contributed by atoms with van der Waals surface area (Å²) in [6, 6.07) is 17.9. The molecule has 0 spiro atoms. The van der Waals surface area contributed by atoms with Gasteiger partial charge in [-0.1, -0.05) is 46.8 Å². The molecule has 26 heavy (non-hydrogen) atoms. The average molecular weight is 360 g/mol. The maximum atomic E-state index is 6.25. The molecule has 0 saturated carbocycles. The van der Waals surface area contributed by atoms with Crippen LogP contribution in [0.3, 0.4) is 0 Å². The van der Waals surface area contributed by atoms with E-state index in [1.165, 1.54) is 11.3 Å². The summed E-state index contributed by atoms with van der Waals surface area (Å²) in [6.45, 7) is 0. The number of hydrogen-bond acceptors (Lipinski definition) is 7. The number of thiophene rings is 1. The maximum Gasteiger partial charge on any atom is 0.282 e. The molecule has 0 radical (unpaired) electrons. The lowest BCUT2D eigenvalue weighted by molar-refractivity contribution is 0.431. The molecule has 5 aromatic rings. The SMILES string of the molecule is Nc1c(-c2nc(-c3cccs3)no2)nnn1-c1ccc2ccccc2c1. The number of benzene rings is 2. The first-order valence-electron chi connectivity index (χ1n) is 7.88. The topological polar surface area (TPSA) is 95.7 Å². The minimum atomic E-state index is 0.248. The van der Waals surface area contributed by atoms with Crippen molar-refractivity contribution in [3.05, 3.63) is 60.0 Å². The first-order valence-corrected chi connectivity index (χ1v) is 8.76. The number of nitrogens with two attached hydrogens (primary N) is 1. The third kappa shape index (κ3) is 2.35. The minimum Gasteiger partial charge on any atom is -0.382 e. The van der Waals surface area contributed by atoms with Gasteiger partial charge in [-0.15, -0.1) is 16.4 Å². The van der Waals surface area contributed by atoms with E-state index in [9.17, 15) is 0 Å². The summed E-state index contributed by atoms with van der Waals surface area (Å²) >= 11 is 1.53. The lowest BCUT2D eigenvalue weighted by atomic mass is 10.1. The van der Waals surface area contributed by atoms with Crippen molar-refractivity contribution in [2.75, 3.05) is 5.73 Å².